The highest BCUT2D eigenvalue weighted by molar-refractivity contribution is 14.0. The van der Waals surface area contributed by atoms with Crippen LogP contribution in [0.5, 0.6) is 0 Å². The van der Waals surface area contributed by atoms with Gasteiger partial charge in [0.2, 0.25) is 0 Å². The first-order valence-corrected chi connectivity index (χ1v) is 6.75. The van der Waals surface area contributed by atoms with Crippen LogP contribution in [0.1, 0.15) is 38.5 Å². The Morgan fingerprint density at radius 2 is 2.06 bits per heavy atom. The first-order chi connectivity index (χ1) is 8.35. The van der Waals surface area contributed by atoms with Crippen LogP contribution in [0.25, 0.3) is 0 Å². The predicted molar refractivity (Wildman–Crippen MR) is 87.2 cm³/mol. The van der Waals surface area contributed by atoms with E-state index in [0.717, 1.165) is 17.8 Å². The van der Waals surface area contributed by atoms with Gasteiger partial charge in [-0.05, 0) is 18.3 Å². The summed E-state index contributed by atoms with van der Waals surface area (Å²) in [5.74, 6) is 5.25. The fraction of sp³-hybridized carbons (Fsp3) is 0.786. The summed E-state index contributed by atoms with van der Waals surface area (Å²) < 4.78 is 0. The summed E-state index contributed by atoms with van der Waals surface area (Å²) in [6.45, 7) is 0.542. The van der Waals surface area contributed by atoms with E-state index in [4.69, 9.17) is 6.42 Å². The van der Waals surface area contributed by atoms with Gasteiger partial charge in [0, 0.05) is 13.1 Å². The molecule has 2 atom stereocenters. The maximum Gasteiger partial charge on any atom is 0.191 e. The fourth-order valence-corrected chi connectivity index (χ4v) is 2.97. The van der Waals surface area contributed by atoms with Gasteiger partial charge >= 0.3 is 0 Å². The number of hydrogen-bond acceptors (Lipinski definition) is 1. The number of terminal acetylenes is 1. The third-order valence-corrected chi connectivity index (χ3v) is 4.00. The molecule has 0 aromatic rings. The van der Waals surface area contributed by atoms with Crippen molar-refractivity contribution in [2.75, 3.05) is 13.6 Å². The minimum absolute atomic E-state index is 0. The van der Waals surface area contributed by atoms with Crippen LogP contribution in [0.2, 0.25) is 0 Å². The first kappa shape index (κ1) is 15.6. The van der Waals surface area contributed by atoms with Crippen molar-refractivity contribution < 1.29 is 0 Å². The molecule has 0 radical (unpaired) electrons. The largest absolute Gasteiger partial charge is 0.353 e. The molecule has 0 heterocycles. The Hall–Kier alpha value is -0.440. The van der Waals surface area contributed by atoms with Gasteiger partial charge in [0.05, 0.1) is 6.54 Å². The Balaban J connectivity index is 0.00000162. The van der Waals surface area contributed by atoms with Gasteiger partial charge in [0.1, 0.15) is 0 Å². The lowest BCUT2D eigenvalue weighted by molar-refractivity contribution is 0.315. The zero-order valence-electron chi connectivity index (χ0n) is 11.1. The maximum absolute atomic E-state index is 5.23. The Bertz CT molecular complexity index is 315. The molecule has 2 aliphatic carbocycles. The fourth-order valence-electron chi connectivity index (χ4n) is 2.97. The average molecular weight is 361 g/mol. The Labute approximate surface area is 128 Å². The van der Waals surface area contributed by atoms with Crippen molar-refractivity contribution in [2.45, 2.75) is 44.6 Å². The number of guanidine groups is 1. The lowest BCUT2D eigenvalue weighted by Gasteiger charge is -2.22. The molecule has 0 aromatic heterocycles. The van der Waals surface area contributed by atoms with E-state index in [1.54, 1.807) is 7.05 Å². The second kappa shape index (κ2) is 7.88. The van der Waals surface area contributed by atoms with E-state index >= 15 is 0 Å². The quantitative estimate of drug-likeness (QED) is 0.351. The van der Waals surface area contributed by atoms with Crippen LogP contribution in [-0.4, -0.2) is 25.6 Å². The number of rotatable bonds is 3. The standard InChI is InChI=1S/C14H23N3.HI/c1-3-9-16-14(15-2)17-13-10-12(13)11-7-5-4-6-8-11;/h1,11-13H,4-10H2,2H3,(H2,15,16,17);1H. The Morgan fingerprint density at radius 3 is 2.67 bits per heavy atom. The van der Waals surface area contributed by atoms with Crippen molar-refractivity contribution in [1.29, 1.82) is 0 Å². The Kier molecular flexibility index (Phi) is 6.83. The second-order valence-corrected chi connectivity index (χ2v) is 5.18. The second-order valence-electron chi connectivity index (χ2n) is 5.18. The third kappa shape index (κ3) is 4.34. The van der Waals surface area contributed by atoms with Crippen molar-refractivity contribution >= 4 is 29.9 Å². The highest BCUT2D eigenvalue weighted by Gasteiger charge is 2.43. The zero-order chi connectivity index (χ0) is 12.1. The lowest BCUT2D eigenvalue weighted by atomic mass is 9.85. The van der Waals surface area contributed by atoms with Crippen LogP contribution < -0.4 is 10.6 Å². The minimum Gasteiger partial charge on any atom is -0.353 e. The molecule has 0 spiro atoms. The molecule has 0 saturated heterocycles. The van der Waals surface area contributed by atoms with Crippen molar-refractivity contribution in [3.05, 3.63) is 0 Å². The molecule has 0 amide bonds. The SMILES string of the molecule is C#CCNC(=NC)NC1CC1C1CCCCC1.I. The van der Waals surface area contributed by atoms with Crippen LogP contribution in [-0.2, 0) is 0 Å². The summed E-state index contributed by atoms with van der Waals surface area (Å²) in [4.78, 5) is 4.18. The van der Waals surface area contributed by atoms with Gasteiger partial charge in [0.25, 0.3) is 0 Å². The van der Waals surface area contributed by atoms with E-state index in [1.165, 1.54) is 38.5 Å². The average Bonchev–Trinajstić information content (AvgIpc) is 3.15. The summed E-state index contributed by atoms with van der Waals surface area (Å²) in [7, 11) is 1.80. The summed E-state index contributed by atoms with van der Waals surface area (Å²) in [6, 6.07) is 0.627. The van der Waals surface area contributed by atoms with Crippen LogP contribution in [0.4, 0.5) is 0 Å². The van der Waals surface area contributed by atoms with Gasteiger partial charge in [-0.25, -0.2) is 0 Å². The molecule has 0 bridgehead atoms. The molecular formula is C14H24IN3. The topological polar surface area (TPSA) is 36.4 Å². The third-order valence-electron chi connectivity index (χ3n) is 4.00. The minimum atomic E-state index is 0. The Morgan fingerprint density at radius 1 is 1.33 bits per heavy atom. The van der Waals surface area contributed by atoms with Crippen LogP contribution in [0, 0.1) is 24.2 Å². The first-order valence-electron chi connectivity index (χ1n) is 6.75. The molecule has 2 unspecified atom stereocenters. The highest BCUT2D eigenvalue weighted by atomic mass is 127. The number of hydrogen-bond donors (Lipinski definition) is 2. The van der Waals surface area contributed by atoms with E-state index < -0.39 is 0 Å². The molecule has 0 aromatic carbocycles. The van der Waals surface area contributed by atoms with E-state index in [2.05, 4.69) is 21.5 Å². The highest BCUT2D eigenvalue weighted by Crippen LogP contribution is 2.44. The smallest absolute Gasteiger partial charge is 0.191 e. The summed E-state index contributed by atoms with van der Waals surface area (Å²) in [5.41, 5.74) is 0. The van der Waals surface area contributed by atoms with E-state index in [0.29, 0.717) is 12.6 Å². The van der Waals surface area contributed by atoms with Crippen LogP contribution >= 0.6 is 24.0 Å². The zero-order valence-corrected chi connectivity index (χ0v) is 13.4. The summed E-state index contributed by atoms with van der Waals surface area (Å²) in [5, 5.41) is 6.58. The monoisotopic (exact) mass is 361 g/mol. The van der Waals surface area contributed by atoms with Crippen LogP contribution in [0.3, 0.4) is 0 Å². The van der Waals surface area contributed by atoms with E-state index in [-0.39, 0.29) is 24.0 Å². The molecule has 102 valence electrons. The van der Waals surface area contributed by atoms with Gasteiger partial charge < -0.3 is 10.6 Å². The number of nitrogens with one attached hydrogen (secondary N) is 2. The predicted octanol–water partition coefficient (Wildman–Crippen LogP) is 2.37. The molecule has 4 heteroatoms. The number of aliphatic imine (C=N–C) groups is 1. The maximum atomic E-state index is 5.23. The van der Waals surface area contributed by atoms with Crippen molar-refractivity contribution in [1.82, 2.24) is 10.6 Å². The number of halogens is 1. The van der Waals surface area contributed by atoms with Gasteiger partial charge in [-0.1, -0.05) is 38.0 Å². The normalized spacial score (nSPS) is 27.9. The van der Waals surface area contributed by atoms with E-state index in [1.807, 2.05) is 0 Å². The van der Waals surface area contributed by atoms with E-state index in [9.17, 15) is 0 Å². The summed E-state index contributed by atoms with van der Waals surface area (Å²) >= 11 is 0. The molecule has 3 nitrogen and oxygen atoms in total. The molecule has 2 fully saturated rings. The molecule has 2 rings (SSSR count). The van der Waals surface area contributed by atoms with Crippen molar-refractivity contribution in [2.24, 2.45) is 16.8 Å². The van der Waals surface area contributed by atoms with Crippen LogP contribution in [0.15, 0.2) is 4.99 Å². The lowest BCUT2D eigenvalue weighted by Crippen LogP contribution is -2.39. The molecule has 2 aliphatic rings. The number of nitrogens with zero attached hydrogens (tertiary/aromatic N) is 1. The molecular weight excluding hydrogens is 337 g/mol. The van der Waals surface area contributed by atoms with Crippen molar-refractivity contribution in [3.63, 3.8) is 0 Å². The van der Waals surface area contributed by atoms with Gasteiger partial charge in [-0.3, -0.25) is 4.99 Å². The van der Waals surface area contributed by atoms with Gasteiger partial charge in [0.15, 0.2) is 5.96 Å². The molecule has 18 heavy (non-hydrogen) atoms. The van der Waals surface area contributed by atoms with Crippen molar-refractivity contribution in [3.8, 4) is 12.3 Å². The molecule has 2 saturated carbocycles. The van der Waals surface area contributed by atoms with Gasteiger partial charge in [-0.2, -0.15) is 0 Å². The van der Waals surface area contributed by atoms with Gasteiger partial charge in [-0.15, -0.1) is 30.4 Å². The molecule has 2 N–H and O–H groups in total. The summed E-state index contributed by atoms with van der Waals surface area (Å²) in [6.07, 6.45) is 13.7. The molecule has 0 aliphatic heterocycles.